The smallest absolute Gasteiger partial charge is 0.348 e. The van der Waals surface area contributed by atoms with Gasteiger partial charge in [0.15, 0.2) is 0 Å². The number of anilines is 1. The van der Waals surface area contributed by atoms with E-state index in [4.69, 9.17) is 4.74 Å². The first kappa shape index (κ1) is 17.9. The molecule has 7 nitrogen and oxygen atoms in total. The summed E-state index contributed by atoms with van der Waals surface area (Å²) >= 11 is 1.39. The molecule has 0 spiro atoms. The standard InChI is InChI=1S/C19H23N5O2S/c1-4-26-19(25)16-12(2)15-17(20-11-21-18(15)27-16)24-6-5-13(10-24)7-14-8-22-23(3)9-14/h8-9,11,13H,4-7,10H2,1-3H3. The Morgan fingerprint density at radius 3 is 3.00 bits per heavy atom. The van der Waals surface area contributed by atoms with E-state index in [0.29, 0.717) is 17.4 Å². The molecule has 142 valence electrons. The summed E-state index contributed by atoms with van der Waals surface area (Å²) in [7, 11) is 1.95. The summed E-state index contributed by atoms with van der Waals surface area (Å²) in [6, 6.07) is 0. The maximum atomic E-state index is 12.2. The van der Waals surface area contributed by atoms with Gasteiger partial charge in [0.25, 0.3) is 0 Å². The van der Waals surface area contributed by atoms with Crippen LogP contribution in [-0.4, -0.2) is 45.4 Å². The Balaban J connectivity index is 1.59. The number of rotatable bonds is 5. The van der Waals surface area contributed by atoms with Crippen molar-refractivity contribution in [3.8, 4) is 0 Å². The summed E-state index contributed by atoms with van der Waals surface area (Å²) in [5.74, 6) is 1.22. The number of hydrogen-bond acceptors (Lipinski definition) is 7. The van der Waals surface area contributed by atoms with Crippen molar-refractivity contribution in [1.29, 1.82) is 0 Å². The Kier molecular flexibility index (Phi) is 4.82. The number of aromatic nitrogens is 4. The first-order valence-corrected chi connectivity index (χ1v) is 10.0. The molecule has 0 amide bonds. The largest absolute Gasteiger partial charge is 0.462 e. The molecule has 8 heteroatoms. The highest BCUT2D eigenvalue weighted by molar-refractivity contribution is 7.20. The van der Waals surface area contributed by atoms with E-state index in [-0.39, 0.29) is 5.97 Å². The van der Waals surface area contributed by atoms with E-state index < -0.39 is 0 Å². The lowest BCUT2D eigenvalue weighted by atomic mass is 10.0. The van der Waals surface area contributed by atoms with Gasteiger partial charge < -0.3 is 9.64 Å². The molecule has 1 saturated heterocycles. The van der Waals surface area contributed by atoms with Crippen molar-refractivity contribution in [1.82, 2.24) is 19.7 Å². The minimum absolute atomic E-state index is 0.278. The lowest BCUT2D eigenvalue weighted by Gasteiger charge is -2.18. The fourth-order valence-corrected chi connectivity index (χ4v) is 4.82. The molecular weight excluding hydrogens is 362 g/mol. The molecule has 0 radical (unpaired) electrons. The van der Waals surface area contributed by atoms with Crippen molar-refractivity contribution >= 4 is 33.3 Å². The molecule has 0 bridgehead atoms. The van der Waals surface area contributed by atoms with Gasteiger partial charge in [-0.2, -0.15) is 5.10 Å². The van der Waals surface area contributed by atoms with Crippen LogP contribution in [0.25, 0.3) is 10.2 Å². The topological polar surface area (TPSA) is 73.1 Å². The van der Waals surface area contributed by atoms with E-state index in [1.807, 2.05) is 31.8 Å². The fourth-order valence-electron chi connectivity index (χ4n) is 3.79. The van der Waals surface area contributed by atoms with Gasteiger partial charge in [0.1, 0.15) is 21.9 Å². The zero-order valence-electron chi connectivity index (χ0n) is 15.8. The molecule has 1 fully saturated rings. The SMILES string of the molecule is CCOC(=O)c1sc2ncnc(N3CCC(Cc4cnn(C)c4)C3)c2c1C. The molecule has 4 heterocycles. The van der Waals surface area contributed by atoms with Crippen molar-refractivity contribution in [2.24, 2.45) is 13.0 Å². The van der Waals surface area contributed by atoms with Gasteiger partial charge in [0.2, 0.25) is 0 Å². The van der Waals surface area contributed by atoms with E-state index in [9.17, 15) is 4.79 Å². The molecule has 4 rings (SSSR count). The molecule has 27 heavy (non-hydrogen) atoms. The Labute approximate surface area is 162 Å². The second-order valence-corrected chi connectivity index (χ2v) is 7.98. The van der Waals surface area contributed by atoms with Gasteiger partial charge in [-0.1, -0.05) is 0 Å². The average molecular weight is 385 g/mol. The Bertz CT molecular complexity index is 980. The third-order valence-corrected chi connectivity index (χ3v) is 6.22. The minimum Gasteiger partial charge on any atom is -0.462 e. The molecule has 0 N–H and O–H groups in total. The van der Waals surface area contributed by atoms with Crippen LogP contribution in [0.1, 0.15) is 34.1 Å². The van der Waals surface area contributed by atoms with Gasteiger partial charge in [-0.3, -0.25) is 4.68 Å². The summed E-state index contributed by atoms with van der Waals surface area (Å²) in [4.78, 5) is 25.0. The highest BCUT2D eigenvalue weighted by Crippen LogP contribution is 2.37. The van der Waals surface area contributed by atoms with Crippen molar-refractivity contribution in [3.63, 3.8) is 0 Å². The second-order valence-electron chi connectivity index (χ2n) is 6.98. The lowest BCUT2D eigenvalue weighted by molar-refractivity contribution is 0.0531. The van der Waals surface area contributed by atoms with Gasteiger partial charge in [-0.25, -0.2) is 14.8 Å². The Morgan fingerprint density at radius 2 is 2.26 bits per heavy atom. The number of aryl methyl sites for hydroxylation is 2. The maximum Gasteiger partial charge on any atom is 0.348 e. The first-order valence-electron chi connectivity index (χ1n) is 9.20. The zero-order chi connectivity index (χ0) is 19.0. The molecule has 1 unspecified atom stereocenters. The van der Waals surface area contributed by atoms with E-state index in [0.717, 1.165) is 47.5 Å². The summed E-state index contributed by atoms with van der Waals surface area (Å²) in [6.45, 7) is 6.05. The molecule has 3 aromatic heterocycles. The van der Waals surface area contributed by atoms with Crippen LogP contribution >= 0.6 is 11.3 Å². The normalized spacial score (nSPS) is 17.0. The molecule has 1 aliphatic heterocycles. The molecule has 0 aliphatic carbocycles. The number of ether oxygens (including phenoxy) is 1. The van der Waals surface area contributed by atoms with E-state index in [1.165, 1.54) is 16.9 Å². The van der Waals surface area contributed by atoms with Crippen LogP contribution < -0.4 is 4.90 Å². The van der Waals surface area contributed by atoms with Crippen LogP contribution in [0.3, 0.4) is 0 Å². The van der Waals surface area contributed by atoms with Crippen LogP contribution in [0.5, 0.6) is 0 Å². The Morgan fingerprint density at radius 1 is 1.41 bits per heavy atom. The van der Waals surface area contributed by atoms with Crippen LogP contribution in [0, 0.1) is 12.8 Å². The van der Waals surface area contributed by atoms with Gasteiger partial charge in [0.05, 0.1) is 18.2 Å². The summed E-state index contributed by atoms with van der Waals surface area (Å²) in [5.41, 5.74) is 2.19. The predicted molar refractivity (Wildman–Crippen MR) is 105 cm³/mol. The first-order chi connectivity index (χ1) is 13.1. The van der Waals surface area contributed by atoms with Crippen molar-refractivity contribution < 1.29 is 9.53 Å². The third-order valence-electron chi connectivity index (χ3n) is 5.04. The van der Waals surface area contributed by atoms with Crippen molar-refractivity contribution in [2.45, 2.75) is 26.7 Å². The van der Waals surface area contributed by atoms with Crippen LogP contribution in [0.2, 0.25) is 0 Å². The van der Waals surface area contributed by atoms with E-state index in [2.05, 4.69) is 26.2 Å². The average Bonchev–Trinajstić information content (AvgIpc) is 3.35. The van der Waals surface area contributed by atoms with Gasteiger partial charge in [-0.15, -0.1) is 11.3 Å². The maximum absolute atomic E-state index is 12.2. The molecule has 0 saturated carbocycles. The molecule has 1 atom stereocenters. The molecule has 0 aromatic carbocycles. The van der Waals surface area contributed by atoms with Crippen molar-refractivity contribution in [2.75, 3.05) is 24.6 Å². The molecule has 1 aliphatic rings. The van der Waals surface area contributed by atoms with Crippen molar-refractivity contribution in [3.05, 3.63) is 34.7 Å². The number of carbonyl (C=O) groups is 1. The Hall–Kier alpha value is -2.48. The summed E-state index contributed by atoms with van der Waals surface area (Å²) in [5, 5.41) is 5.24. The number of hydrogen-bond donors (Lipinski definition) is 0. The highest BCUT2D eigenvalue weighted by Gasteiger charge is 2.28. The van der Waals surface area contributed by atoms with Gasteiger partial charge >= 0.3 is 5.97 Å². The fraction of sp³-hybridized carbons (Fsp3) is 0.474. The second kappa shape index (κ2) is 7.26. The molecular formula is C19H23N5O2S. The van der Waals surface area contributed by atoms with Gasteiger partial charge in [0, 0.05) is 26.3 Å². The third kappa shape index (κ3) is 3.41. The van der Waals surface area contributed by atoms with Gasteiger partial charge in [-0.05, 0) is 43.7 Å². The number of esters is 1. The van der Waals surface area contributed by atoms with E-state index in [1.54, 1.807) is 6.33 Å². The zero-order valence-corrected chi connectivity index (χ0v) is 16.6. The predicted octanol–water partition coefficient (Wildman–Crippen LogP) is 2.98. The van der Waals surface area contributed by atoms with Crippen LogP contribution in [0.15, 0.2) is 18.7 Å². The van der Waals surface area contributed by atoms with Crippen LogP contribution in [0.4, 0.5) is 5.82 Å². The van der Waals surface area contributed by atoms with Crippen LogP contribution in [-0.2, 0) is 18.2 Å². The summed E-state index contributed by atoms with van der Waals surface area (Å²) < 4.78 is 7.04. The molecule has 3 aromatic rings. The monoisotopic (exact) mass is 385 g/mol. The minimum atomic E-state index is -0.278. The number of nitrogens with zero attached hydrogens (tertiary/aromatic N) is 5. The summed E-state index contributed by atoms with van der Waals surface area (Å²) in [6.07, 6.45) is 7.76. The lowest BCUT2D eigenvalue weighted by Crippen LogP contribution is -2.21. The number of thiophene rings is 1. The van der Waals surface area contributed by atoms with E-state index >= 15 is 0 Å². The number of carbonyl (C=O) groups excluding carboxylic acids is 1. The highest BCUT2D eigenvalue weighted by atomic mass is 32.1. The quantitative estimate of drug-likeness (QED) is 0.629. The number of fused-ring (bicyclic) bond motifs is 1.